The lowest BCUT2D eigenvalue weighted by molar-refractivity contribution is 0.0697. The van der Waals surface area contributed by atoms with E-state index in [0.717, 1.165) is 11.0 Å². The molecule has 0 saturated heterocycles. The number of hydrogen-bond donors (Lipinski definition) is 2. The number of aromatic carboxylic acids is 1. The van der Waals surface area contributed by atoms with Gasteiger partial charge in [0.25, 0.3) is 0 Å². The van der Waals surface area contributed by atoms with Crippen molar-refractivity contribution in [2.75, 3.05) is 5.32 Å². The Balaban J connectivity index is 1.94. The Hall–Kier alpha value is -2.66. The van der Waals surface area contributed by atoms with Crippen molar-refractivity contribution in [1.29, 1.82) is 0 Å². The molecule has 0 atom stereocenters. The Morgan fingerprint density at radius 1 is 1.14 bits per heavy atom. The van der Waals surface area contributed by atoms with Crippen molar-refractivity contribution >= 4 is 40.1 Å². The number of carbonyl (C=O) groups is 1. The maximum absolute atomic E-state index is 11.1. The molecule has 3 rings (SSSR count). The van der Waals surface area contributed by atoms with Gasteiger partial charge in [-0.25, -0.2) is 9.78 Å². The van der Waals surface area contributed by atoms with E-state index in [2.05, 4.69) is 15.3 Å². The highest BCUT2D eigenvalue weighted by molar-refractivity contribution is 6.33. The van der Waals surface area contributed by atoms with Gasteiger partial charge in [0.15, 0.2) is 0 Å². The van der Waals surface area contributed by atoms with Gasteiger partial charge in [0.2, 0.25) is 0 Å². The standard InChI is InChI=1S/C15H10ClN3O2/c16-11-6-5-9(7-10(11)15(20)21)18-14-8-17-12-3-1-2-4-13(12)19-14/h1-8H,(H,18,19)(H,20,21). The minimum Gasteiger partial charge on any atom is -0.478 e. The molecule has 0 saturated carbocycles. The summed E-state index contributed by atoms with van der Waals surface area (Å²) in [4.78, 5) is 19.8. The van der Waals surface area contributed by atoms with Crippen LogP contribution in [0.5, 0.6) is 0 Å². The lowest BCUT2D eigenvalue weighted by Crippen LogP contribution is -2.00. The van der Waals surface area contributed by atoms with Crippen molar-refractivity contribution in [3.8, 4) is 0 Å². The summed E-state index contributed by atoms with van der Waals surface area (Å²) in [5, 5.41) is 12.3. The first-order valence-electron chi connectivity index (χ1n) is 6.15. The van der Waals surface area contributed by atoms with Gasteiger partial charge in [-0.3, -0.25) is 4.98 Å². The van der Waals surface area contributed by atoms with Gasteiger partial charge in [-0.2, -0.15) is 0 Å². The highest BCUT2D eigenvalue weighted by Crippen LogP contribution is 2.23. The number of hydrogen-bond acceptors (Lipinski definition) is 4. The third kappa shape index (κ3) is 2.78. The summed E-state index contributed by atoms with van der Waals surface area (Å²) in [6.45, 7) is 0. The molecule has 104 valence electrons. The highest BCUT2D eigenvalue weighted by Gasteiger charge is 2.10. The van der Waals surface area contributed by atoms with Crippen molar-refractivity contribution in [2.24, 2.45) is 0 Å². The van der Waals surface area contributed by atoms with E-state index in [4.69, 9.17) is 16.7 Å². The van der Waals surface area contributed by atoms with E-state index in [0.29, 0.717) is 11.5 Å². The van der Waals surface area contributed by atoms with E-state index in [1.165, 1.54) is 12.1 Å². The van der Waals surface area contributed by atoms with Crippen molar-refractivity contribution in [3.63, 3.8) is 0 Å². The molecule has 0 fully saturated rings. The largest absolute Gasteiger partial charge is 0.478 e. The van der Waals surface area contributed by atoms with Gasteiger partial charge in [0.1, 0.15) is 5.82 Å². The zero-order valence-electron chi connectivity index (χ0n) is 10.7. The quantitative estimate of drug-likeness (QED) is 0.771. The molecule has 5 nitrogen and oxygen atoms in total. The van der Waals surface area contributed by atoms with Gasteiger partial charge in [-0.1, -0.05) is 23.7 Å². The van der Waals surface area contributed by atoms with Crippen molar-refractivity contribution in [3.05, 3.63) is 59.2 Å². The number of anilines is 2. The maximum Gasteiger partial charge on any atom is 0.337 e. The molecule has 0 aliphatic rings. The fourth-order valence-corrected chi connectivity index (χ4v) is 2.13. The Labute approximate surface area is 125 Å². The minimum atomic E-state index is -1.08. The second-order valence-corrected chi connectivity index (χ2v) is 4.78. The van der Waals surface area contributed by atoms with E-state index in [9.17, 15) is 4.79 Å². The molecule has 2 aromatic carbocycles. The zero-order valence-corrected chi connectivity index (χ0v) is 11.5. The highest BCUT2D eigenvalue weighted by atomic mass is 35.5. The van der Waals surface area contributed by atoms with Crippen molar-refractivity contribution < 1.29 is 9.90 Å². The molecule has 0 aliphatic carbocycles. The van der Waals surface area contributed by atoms with Crippen LogP contribution >= 0.6 is 11.6 Å². The van der Waals surface area contributed by atoms with Crippen LogP contribution in [0.2, 0.25) is 5.02 Å². The third-order valence-electron chi connectivity index (χ3n) is 2.92. The van der Waals surface area contributed by atoms with Gasteiger partial charge in [0, 0.05) is 5.69 Å². The maximum atomic E-state index is 11.1. The number of para-hydroxylation sites is 2. The van der Waals surface area contributed by atoms with Crippen LogP contribution in [-0.4, -0.2) is 21.0 Å². The number of nitrogens with one attached hydrogen (secondary N) is 1. The predicted molar refractivity (Wildman–Crippen MR) is 81.2 cm³/mol. The molecule has 0 aliphatic heterocycles. The number of rotatable bonds is 3. The molecule has 2 N–H and O–H groups in total. The van der Waals surface area contributed by atoms with E-state index in [-0.39, 0.29) is 10.6 Å². The van der Waals surface area contributed by atoms with Crippen LogP contribution in [0.25, 0.3) is 11.0 Å². The summed E-state index contributed by atoms with van der Waals surface area (Å²) in [6.07, 6.45) is 1.59. The normalized spacial score (nSPS) is 10.5. The molecule has 0 spiro atoms. The van der Waals surface area contributed by atoms with Gasteiger partial charge < -0.3 is 10.4 Å². The van der Waals surface area contributed by atoms with Crippen LogP contribution in [0.1, 0.15) is 10.4 Å². The number of carboxylic acids is 1. The fourth-order valence-electron chi connectivity index (χ4n) is 1.93. The number of fused-ring (bicyclic) bond motifs is 1. The van der Waals surface area contributed by atoms with E-state index in [1.54, 1.807) is 12.3 Å². The van der Waals surface area contributed by atoms with Crippen molar-refractivity contribution in [2.45, 2.75) is 0 Å². The molecule has 0 radical (unpaired) electrons. The average Bonchev–Trinajstić information content (AvgIpc) is 2.49. The zero-order chi connectivity index (χ0) is 14.8. The first-order valence-corrected chi connectivity index (χ1v) is 6.53. The monoisotopic (exact) mass is 299 g/mol. The number of benzene rings is 2. The smallest absolute Gasteiger partial charge is 0.337 e. The lowest BCUT2D eigenvalue weighted by atomic mass is 10.2. The second-order valence-electron chi connectivity index (χ2n) is 4.37. The number of halogens is 1. The van der Waals surface area contributed by atoms with E-state index >= 15 is 0 Å². The molecule has 6 heteroatoms. The van der Waals surface area contributed by atoms with Crippen LogP contribution in [-0.2, 0) is 0 Å². The Kier molecular flexibility index (Phi) is 3.41. The minimum absolute atomic E-state index is 0.0374. The molecule has 3 aromatic rings. The van der Waals surface area contributed by atoms with Crippen LogP contribution in [0, 0.1) is 0 Å². The Bertz CT molecular complexity index is 836. The third-order valence-corrected chi connectivity index (χ3v) is 3.25. The molecule has 21 heavy (non-hydrogen) atoms. The molecule has 0 bridgehead atoms. The van der Waals surface area contributed by atoms with Crippen LogP contribution in [0.4, 0.5) is 11.5 Å². The van der Waals surface area contributed by atoms with Crippen molar-refractivity contribution in [1.82, 2.24) is 9.97 Å². The summed E-state index contributed by atoms with van der Waals surface area (Å²) in [5.41, 5.74) is 2.18. The summed E-state index contributed by atoms with van der Waals surface area (Å²) in [7, 11) is 0. The predicted octanol–water partition coefficient (Wildman–Crippen LogP) is 3.73. The summed E-state index contributed by atoms with van der Waals surface area (Å²) >= 11 is 5.84. The second kappa shape index (κ2) is 5.38. The van der Waals surface area contributed by atoms with Crippen LogP contribution in [0.3, 0.4) is 0 Å². The first kappa shape index (κ1) is 13.3. The van der Waals surface area contributed by atoms with Gasteiger partial charge in [-0.15, -0.1) is 0 Å². The molecule has 1 aromatic heterocycles. The number of nitrogens with zero attached hydrogens (tertiary/aromatic N) is 2. The molecule has 0 unspecified atom stereocenters. The van der Waals surface area contributed by atoms with E-state index in [1.807, 2.05) is 24.3 Å². The SMILES string of the molecule is O=C(O)c1cc(Nc2cnc3ccccc3n2)ccc1Cl. The average molecular weight is 300 g/mol. The molecular formula is C15H10ClN3O2. The van der Waals surface area contributed by atoms with Crippen LogP contribution < -0.4 is 5.32 Å². The molecule has 0 amide bonds. The molecular weight excluding hydrogens is 290 g/mol. The Morgan fingerprint density at radius 3 is 2.67 bits per heavy atom. The Morgan fingerprint density at radius 2 is 1.90 bits per heavy atom. The fraction of sp³-hybridized carbons (Fsp3) is 0. The molecule has 1 heterocycles. The first-order chi connectivity index (χ1) is 10.1. The number of aromatic nitrogens is 2. The van der Waals surface area contributed by atoms with Crippen LogP contribution in [0.15, 0.2) is 48.7 Å². The summed E-state index contributed by atoms with van der Waals surface area (Å²) in [6, 6.07) is 12.2. The summed E-state index contributed by atoms with van der Waals surface area (Å²) < 4.78 is 0. The van der Waals surface area contributed by atoms with Gasteiger partial charge in [0.05, 0.1) is 27.8 Å². The lowest BCUT2D eigenvalue weighted by Gasteiger charge is -2.08. The topological polar surface area (TPSA) is 75.1 Å². The van der Waals surface area contributed by atoms with Gasteiger partial charge in [-0.05, 0) is 30.3 Å². The van der Waals surface area contributed by atoms with Gasteiger partial charge >= 0.3 is 5.97 Å². The summed E-state index contributed by atoms with van der Waals surface area (Å²) in [5.74, 6) is -0.541. The number of carboxylic acid groups (broad SMARTS) is 1. The van der Waals surface area contributed by atoms with E-state index < -0.39 is 5.97 Å².